The van der Waals surface area contributed by atoms with Crippen molar-refractivity contribution in [3.8, 4) is 0 Å². The van der Waals surface area contributed by atoms with Gasteiger partial charge < -0.3 is 40.6 Å². The second kappa shape index (κ2) is 21.8. The van der Waals surface area contributed by atoms with Crippen molar-refractivity contribution in [3.63, 3.8) is 0 Å². The number of hydrogen-bond acceptors (Lipinski definition) is 7. The summed E-state index contributed by atoms with van der Waals surface area (Å²) in [6, 6.07) is 0.175. The van der Waals surface area contributed by atoms with Crippen LogP contribution in [0.15, 0.2) is 0 Å². The molecule has 13 heteroatoms. The predicted molar refractivity (Wildman–Crippen MR) is 171 cm³/mol. The first-order chi connectivity index (χ1) is 19.2. The molecule has 3 unspecified atom stereocenters. The van der Waals surface area contributed by atoms with Gasteiger partial charge in [0.2, 0.25) is 16.6 Å². The van der Waals surface area contributed by atoms with Crippen molar-refractivity contribution in [2.45, 2.75) is 136 Å². The molecule has 0 aliphatic carbocycles. The molecule has 0 saturated heterocycles. The van der Waals surface area contributed by atoms with Crippen LogP contribution in [0.5, 0.6) is 0 Å². The Balaban J connectivity index is 3.99. The summed E-state index contributed by atoms with van der Waals surface area (Å²) in [6.07, 6.45) is 9.32. The third kappa shape index (κ3) is 24.5. The van der Waals surface area contributed by atoms with Gasteiger partial charge in [0.05, 0.1) is 0 Å². The molecule has 0 heterocycles. The SMILES string of the molecule is CCCCCC(C)NC(=O)OC[Si](C)(C)O[Si](C)(C)COC(=O)NCCCCCCNC(=O)NC(C)CCC(C)N. The van der Waals surface area contributed by atoms with Crippen LogP contribution in [-0.4, -0.2) is 78.5 Å². The number of carbonyl (C=O) groups is 3. The Hall–Kier alpha value is -1.84. The predicted octanol–water partition coefficient (Wildman–Crippen LogP) is 5.29. The summed E-state index contributed by atoms with van der Waals surface area (Å²) in [5.74, 6) is 0. The number of unbranched alkanes of at least 4 members (excludes halogenated alkanes) is 5. The summed E-state index contributed by atoms with van der Waals surface area (Å²) in [5, 5.41) is 11.5. The molecule has 4 amide bonds. The average Bonchev–Trinajstić information content (AvgIpc) is 2.86. The average molecular weight is 620 g/mol. The molecule has 0 saturated carbocycles. The van der Waals surface area contributed by atoms with Crippen LogP contribution in [0.4, 0.5) is 14.4 Å². The third-order valence-corrected chi connectivity index (χ3v) is 12.4. The Bertz CT molecular complexity index is 743. The third-order valence-electron chi connectivity index (χ3n) is 6.35. The molecule has 0 radical (unpaired) electrons. The number of carbonyl (C=O) groups excluding carboxylic acids is 3. The van der Waals surface area contributed by atoms with Crippen LogP contribution < -0.4 is 27.0 Å². The minimum absolute atomic E-state index is 0.0812. The molecule has 242 valence electrons. The normalized spacial score (nSPS) is 14.0. The maximum Gasteiger partial charge on any atom is 0.407 e. The molecule has 0 bridgehead atoms. The quantitative estimate of drug-likeness (QED) is 0.0815. The van der Waals surface area contributed by atoms with E-state index < -0.39 is 28.8 Å². The Morgan fingerprint density at radius 1 is 0.683 bits per heavy atom. The van der Waals surface area contributed by atoms with Gasteiger partial charge in [0.25, 0.3) is 0 Å². The fraction of sp³-hybridized carbons (Fsp3) is 0.893. The lowest BCUT2D eigenvalue weighted by Gasteiger charge is -2.33. The van der Waals surface area contributed by atoms with E-state index >= 15 is 0 Å². The zero-order chi connectivity index (χ0) is 31.3. The maximum absolute atomic E-state index is 12.2. The lowest BCUT2D eigenvalue weighted by atomic mass is 10.1. The van der Waals surface area contributed by atoms with E-state index in [1.165, 1.54) is 0 Å². The smallest absolute Gasteiger partial charge is 0.407 e. The van der Waals surface area contributed by atoms with Gasteiger partial charge in [-0.1, -0.05) is 39.0 Å². The minimum Gasteiger partial charge on any atom is -0.451 e. The largest absolute Gasteiger partial charge is 0.451 e. The zero-order valence-corrected chi connectivity index (χ0v) is 29.2. The van der Waals surface area contributed by atoms with Crippen LogP contribution in [0.1, 0.15) is 91.9 Å². The molecule has 0 aliphatic heterocycles. The van der Waals surface area contributed by atoms with E-state index in [2.05, 4.69) is 28.2 Å². The number of nitrogens with one attached hydrogen (secondary N) is 4. The van der Waals surface area contributed by atoms with Crippen molar-refractivity contribution in [3.05, 3.63) is 0 Å². The molecule has 0 fully saturated rings. The van der Waals surface area contributed by atoms with Gasteiger partial charge in [-0.2, -0.15) is 0 Å². The minimum atomic E-state index is -2.30. The van der Waals surface area contributed by atoms with E-state index in [0.717, 1.165) is 64.2 Å². The molecular weight excluding hydrogens is 559 g/mol. The molecule has 0 rings (SSSR count). The van der Waals surface area contributed by atoms with Gasteiger partial charge in [-0.3, -0.25) is 0 Å². The van der Waals surface area contributed by atoms with Gasteiger partial charge in [-0.15, -0.1) is 0 Å². The summed E-state index contributed by atoms with van der Waals surface area (Å²) in [5.41, 5.74) is 5.75. The van der Waals surface area contributed by atoms with E-state index in [9.17, 15) is 14.4 Å². The first kappa shape index (κ1) is 39.2. The highest BCUT2D eigenvalue weighted by molar-refractivity contribution is 6.84. The number of urea groups is 1. The molecule has 0 aromatic rings. The molecule has 3 atom stereocenters. The number of ether oxygens (including phenoxy) is 2. The highest BCUT2D eigenvalue weighted by atomic mass is 28.4. The summed E-state index contributed by atoms with van der Waals surface area (Å²) in [7, 11) is -4.60. The van der Waals surface area contributed by atoms with Gasteiger partial charge in [-0.25, -0.2) is 14.4 Å². The Morgan fingerprint density at radius 2 is 1.22 bits per heavy atom. The molecule has 11 nitrogen and oxygen atoms in total. The second-order valence-electron chi connectivity index (χ2n) is 12.5. The number of rotatable bonds is 22. The maximum atomic E-state index is 12.2. The van der Waals surface area contributed by atoms with Gasteiger partial charge in [0.1, 0.15) is 12.5 Å². The topological polar surface area (TPSA) is 153 Å². The first-order valence-corrected chi connectivity index (χ1v) is 21.7. The lowest BCUT2D eigenvalue weighted by molar-refractivity contribution is 0.153. The molecule has 6 N–H and O–H groups in total. The van der Waals surface area contributed by atoms with Crippen molar-refractivity contribution in [2.75, 3.05) is 25.5 Å². The molecule has 0 aromatic heterocycles. The van der Waals surface area contributed by atoms with Crippen LogP contribution in [-0.2, 0) is 13.6 Å². The van der Waals surface area contributed by atoms with Crippen molar-refractivity contribution < 1.29 is 28.0 Å². The Morgan fingerprint density at radius 3 is 1.78 bits per heavy atom. The van der Waals surface area contributed by atoms with Crippen LogP contribution in [0, 0.1) is 0 Å². The van der Waals surface area contributed by atoms with E-state index in [-0.39, 0.29) is 36.6 Å². The van der Waals surface area contributed by atoms with Crippen LogP contribution in [0.3, 0.4) is 0 Å². The standard InChI is InChI=1S/C28H61N5O6Si2/c1-9-10-13-16-24(3)33-28(36)38-22-41(7,8)39-40(5,6)21-37-27(35)31-20-15-12-11-14-19-30-26(34)32-25(4)18-17-23(2)29/h23-25H,9-22,29H2,1-8H3,(H,31,35)(H,33,36)(H2,30,32,34). The first-order valence-electron chi connectivity index (χ1n) is 15.5. The summed E-state index contributed by atoms with van der Waals surface area (Å²) < 4.78 is 17.3. The molecular formula is C28H61N5O6Si2. The monoisotopic (exact) mass is 619 g/mol. The summed E-state index contributed by atoms with van der Waals surface area (Å²) in [6.45, 7) is 17.3. The zero-order valence-electron chi connectivity index (χ0n) is 27.2. The van der Waals surface area contributed by atoms with Crippen LogP contribution in [0.25, 0.3) is 0 Å². The number of amides is 4. The molecule has 0 aliphatic rings. The van der Waals surface area contributed by atoms with Crippen molar-refractivity contribution in [1.29, 1.82) is 0 Å². The fourth-order valence-electron chi connectivity index (χ4n) is 4.21. The Labute approximate surface area is 251 Å². The summed E-state index contributed by atoms with van der Waals surface area (Å²) in [4.78, 5) is 36.2. The highest BCUT2D eigenvalue weighted by Gasteiger charge is 2.35. The second-order valence-corrected chi connectivity index (χ2v) is 20.9. The van der Waals surface area contributed by atoms with E-state index in [0.29, 0.717) is 13.1 Å². The molecule has 41 heavy (non-hydrogen) atoms. The number of nitrogens with two attached hydrogens (primary N) is 1. The van der Waals surface area contributed by atoms with Gasteiger partial charge >= 0.3 is 18.2 Å². The van der Waals surface area contributed by atoms with E-state index in [4.69, 9.17) is 19.3 Å². The van der Waals surface area contributed by atoms with Crippen molar-refractivity contribution in [2.24, 2.45) is 5.73 Å². The molecule has 0 spiro atoms. The van der Waals surface area contributed by atoms with Crippen molar-refractivity contribution >= 4 is 34.9 Å². The fourth-order valence-corrected chi connectivity index (χ4v) is 11.6. The van der Waals surface area contributed by atoms with Gasteiger partial charge in [0, 0.05) is 31.2 Å². The van der Waals surface area contributed by atoms with Crippen LogP contribution >= 0.6 is 0 Å². The van der Waals surface area contributed by atoms with E-state index in [1.807, 2.05) is 47.0 Å². The van der Waals surface area contributed by atoms with E-state index in [1.54, 1.807) is 0 Å². The van der Waals surface area contributed by atoms with Crippen molar-refractivity contribution in [1.82, 2.24) is 21.3 Å². The number of alkyl carbamates (subject to hydrolysis) is 2. The lowest BCUT2D eigenvalue weighted by Crippen LogP contribution is -2.52. The van der Waals surface area contributed by atoms with Crippen LogP contribution in [0.2, 0.25) is 26.2 Å². The Kier molecular flexibility index (Phi) is 20.8. The van der Waals surface area contributed by atoms with Gasteiger partial charge in [0.15, 0.2) is 0 Å². The number of hydrogen-bond donors (Lipinski definition) is 5. The van der Waals surface area contributed by atoms with Gasteiger partial charge in [-0.05, 0) is 79.1 Å². The molecule has 0 aromatic carbocycles. The highest BCUT2D eigenvalue weighted by Crippen LogP contribution is 2.16. The summed E-state index contributed by atoms with van der Waals surface area (Å²) >= 11 is 0.